The SMILES string of the molecule is COc1ccc(Nc2ncnc(Nc3cccc4nc(C)ccc34)c2[N+](=O)[O-])c(OC)c1. The van der Waals surface area contributed by atoms with Crippen molar-refractivity contribution in [2.75, 3.05) is 24.9 Å². The Balaban J connectivity index is 1.75. The first-order chi connectivity index (χ1) is 15.5. The Morgan fingerprint density at radius 2 is 1.69 bits per heavy atom. The number of nitrogens with one attached hydrogen (secondary N) is 2. The van der Waals surface area contributed by atoms with E-state index in [1.807, 2.05) is 37.3 Å². The summed E-state index contributed by atoms with van der Waals surface area (Å²) in [7, 11) is 3.04. The molecule has 4 aromatic rings. The third-order valence-corrected chi connectivity index (χ3v) is 4.79. The van der Waals surface area contributed by atoms with Crippen LogP contribution in [0.25, 0.3) is 10.9 Å². The Bertz CT molecular complexity index is 1310. The van der Waals surface area contributed by atoms with Crippen LogP contribution >= 0.6 is 0 Å². The van der Waals surface area contributed by atoms with Crippen LogP contribution in [0.5, 0.6) is 11.5 Å². The van der Waals surface area contributed by atoms with Gasteiger partial charge in [0.05, 0.1) is 30.3 Å². The van der Waals surface area contributed by atoms with Crippen LogP contribution in [0.1, 0.15) is 5.69 Å². The first-order valence-corrected chi connectivity index (χ1v) is 9.62. The number of pyridine rings is 1. The normalized spacial score (nSPS) is 10.6. The average Bonchev–Trinajstić information content (AvgIpc) is 2.79. The molecule has 10 heteroatoms. The molecule has 2 aromatic carbocycles. The van der Waals surface area contributed by atoms with E-state index in [0.29, 0.717) is 22.9 Å². The number of benzene rings is 2. The zero-order valence-electron chi connectivity index (χ0n) is 17.6. The van der Waals surface area contributed by atoms with Crippen LogP contribution in [0.4, 0.5) is 28.7 Å². The Morgan fingerprint density at radius 1 is 0.938 bits per heavy atom. The highest BCUT2D eigenvalue weighted by Crippen LogP contribution is 2.37. The largest absolute Gasteiger partial charge is 0.497 e. The number of aryl methyl sites for hydroxylation is 1. The number of aromatic nitrogens is 3. The van der Waals surface area contributed by atoms with Gasteiger partial charge in [-0.25, -0.2) is 9.97 Å². The van der Waals surface area contributed by atoms with Crippen molar-refractivity contribution in [1.29, 1.82) is 0 Å². The minimum absolute atomic E-state index is 0.0187. The quantitative estimate of drug-likeness (QED) is 0.314. The molecule has 0 saturated heterocycles. The minimum Gasteiger partial charge on any atom is -0.497 e. The van der Waals surface area contributed by atoms with Gasteiger partial charge in [0.2, 0.25) is 11.6 Å². The second kappa shape index (κ2) is 8.72. The summed E-state index contributed by atoms with van der Waals surface area (Å²) in [4.78, 5) is 24.1. The molecule has 0 unspecified atom stereocenters. The molecule has 0 bridgehead atoms. The molecule has 0 aliphatic rings. The van der Waals surface area contributed by atoms with E-state index in [1.54, 1.807) is 25.3 Å². The summed E-state index contributed by atoms with van der Waals surface area (Å²) in [5.74, 6) is 1.10. The molecule has 0 radical (unpaired) electrons. The van der Waals surface area contributed by atoms with Gasteiger partial charge in [0.25, 0.3) is 0 Å². The van der Waals surface area contributed by atoms with Crippen molar-refractivity contribution in [2.24, 2.45) is 0 Å². The van der Waals surface area contributed by atoms with Crippen LogP contribution in [0.2, 0.25) is 0 Å². The number of hydrogen-bond donors (Lipinski definition) is 2. The molecular formula is C22H20N6O4. The van der Waals surface area contributed by atoms with E-state index in [9.17, 15) is 10.1 Å². The second-order valence-corrected chi connectivity index (χ2v) is 6.82. The maximum atomic E-state index is 12.0. The first kappa shape index (κ1) is 20.8. The zero-order chi connectivity index (χ0) is 22.7. The highest BCUT2D eigenvalue weighted by Gasteiger charge is 2.24. The maximum absolute atomic E-state index is 12.0. The predicted molar refractivity (Wildman–Crippen MR) is 121 cm³/mol. The summed E-state index contributed by atoms with van der Waals surface area (Å²) in [6.45, 7) is 1.90. The van der Waals surface area contributed by atoms with Gasteiger partial charge in [0.1, 0.15) is 17.8 Å². The van der Waals surface area contributed by atoms with Crippen molar-refractivity contribution >= 4 is 39.6 Å². The molecule has 0 saturated carbocycles. The summed E-state index contributed by atoms with van der Waals surface area (Å²) in [6, 6.07) is 14.4. The van der Waals surface area contributed by atoms with Gasteiger partial charge in [0, 0.05) is 22.8 Å². The Kier molecular flexibility index (Phi) is 5.67. The van der Waals surface area contributed by atoms with Gasteiger partial charge >= 0.3 is 5.69 Å². The summed E-state index contributed by atoms with van der Waals surface area (Å²) >= 11 is 0. The van der Waals surface area contributed by atoms with Gasteiger partial charge in [-0.15, -0.1) is 0 Å². The lowest BCUT2D eigenvalue weighted by Gasteiger charge is -2.14. The lowest BCUT2D eigenvalue weighted by molar-refractivity contribution is -0.383. The van der Waals surface area contributed by atoms with Crippen molar-refractivity contribution in [3.05, 3.63) is 70.7 Å². The number of nitro groups is 1. The van der Waals surface area contributed by atoms with Gasteiger partial charge in [-0.1, -0.05) is 6.07 Å². The lowest BCUT2D eigenvalue weighted by Crippen LogP contribution is -2.06. The predicted octanol–water partition coefficient (Wildman–Crippen LogP) is 4.75. The molecular weight excluding hydrogens is 412 g/mol. The third-order valence-electron chi connectivity index (χ3n) is 4.79. The van der Waals surface area contributed by atoms with E-state index in [2.05, 4.69) is 25.6 Å². The Morgan fingerprint density at radius 3 is 2.38 bits per heavy atom. The van der Waals surface area contributed by atoms with Crippen LogP contribution in [0, 0.1) is 17.0 Å². The van der Waals surface area contributed by atoms with E-state index in [-0.39, 0.29) is 17.3 Å². The molecule has 2 N–H and O–H groups in total. The maximum Gasteiger partial charge on any atom is 0.353 e. The highest BCUT2D eigenvalue weighted by atomic mass is 16.6. The number of fused-ring (bicyclic) bond motifs is 1. The van der Waals surface area contributed by atoms with Gasteiger partial charge < -0.3 is 20.1 Å². The van der Waals surface area contributed by atoms with Crippen molar-refractivity contribution in [2.45, 2.75) is 6.92 Å². The number of ether oxygens (including phenoxy) is 2. The van der Waals surface area contributed by atoms with Crippen LogP contribution in [-0.2, 0) is 0 Å². The summed E-state index contributed by atoms with van der Waals surface area (Å²) in [5, 5.41) is 18.8. The fourth-order valence-corrected chi connectivity index (χ4v) is 3.26. The number of anilines is 4. The fraction of sp³-hybridized carbons (Fsp3) is 0.136. The van der Waals surface area contributed by atoms with Crippen molar-refractivity contribution in [3.63, 3.8) is 0 Å². The third kappa shape index (κ3) is 4.06. The second-order valence-electron chi connectivity index (χ2n) is 6.82. The van der Waals surface area contributed by atoms with E-state index in [0.717, 1.165) is 16.6 Å². The molecule has 10 nitrogen and oxygen atoms in total. The van der Waals surface area contributed by atoms with Gasteiger partial charge in [-0.3, -0.25) is 15.1 Å². The zero-order valence-corrected chi connectivity index (χ0v) is 17.6. The van der Waals surface area contributed by atoms with E-state index < -0.39 is 4.92 Å². The Labute approximate surface area is 183 Å². The molecule has 0 amide bonds. The number of methoxy groups -OCH3 is 2. The monoisotopic (exact) mass is 432 g/mol. The molecule has 4 rings (SSSR count). The fourth-order valence-electron chi connectivity index (χ4n) is 3.26. The van der Waals surface area contributed by atoms with E-state index >= 15 is 0 Å². The van der Waals surface area contributed by atoms with Crippen LogP contribution in [0.15, 0.2) is 54.9 Å². The van der Waals surface area contributed by atoms with Crippen molar-refractivity contribution in [1.82, 2.24) is 15.0 Å². The molecule has 0 spiro atoms. The minimum atomic E-state index is -0.534. The molecule has 162 valence electrons. The van der Waals surface area contributed by atoms with Gasteiger partial charge in [0.15, 0.2) is 0 Å². The Hall–Kier alpha value is -4.47. The van der Waals surface area contributed by atoms with Crippen LogP contribution in [-0.4, -0.2) is 34.1 Å². The topological polar surface area (TPSA) is 124 Å². The van der Waals surface area contributed by atoms with Gasteiger partial charge in [-0.2, -0.15) is 0 Å². The summed E-state index contributed by atoms with van der Waals surface area (Å²) in [5.41, 5.74) is 2.48. The molecule has 32 heavy (non-hydrogen) atoms. The van der Waals surface area contributed by atoms with Crippen molar-refractivity contribution in [3.8, 4) is 11.5 Å². The molecule has 0 aliphatic carbocycles. The number of nitrogens with zero attached hydrogens (tertiary/aromatic N) is 4. The first-order valence-electron chi connectivity index (χ1n) is 9.62. The number of rotatable bonds is 7. The van der Waals surface area contributed by atoms with Crippen LogP contribution in [0.3, 0.4) is 0 Å². The van der Waals surface area contributed by atoms with Gasteiger partial charge in [-0.05, 0) is 43.3 Å². The molecule has 0 atom stereocenters. The number of hydrogen-bond acceptors (Lipinski definition) is 9. The summed E-state index contributed by atoms with van der Waals surface area (Å²) in [6.07, 6.45) is 1.25. The smallest absolute Gasteiger partial charge is 0.353 e. The van der Waals surface area contributed by atoms with E-state index in [4.69, 9.17) is 9.47 Å². The average molecular weight is 432 g/mol. The summed E-state index contributed by atoms with van der Waals surface area (Å²) < 4.78 is 10.6. The molecule has 0 fully saturated rings. The van der Waals surface area contributed by atoms with Crippen LogP contribution < -0.4 is 20.1 Å². The molecule has 2 aromatic heterocycles. The standard InChI is InChI=1S/C22H20N6O4/c1-13-7-9-15-16(25-13)5-4-6-17(15)26-21-20(28(29)30)22(24-12-23-21)27-18-10-8-14(31-2)11-19(18)32-3/h4-12H,1-3H3,(H2,23,24,26,27). The van der Waals surface area contributed by atoms with E-state index in [1.165, 1.54) is 13.4 Å². The van der Waals surface area contributed by atoms with Crippen molar-refractivity contribution < 1.29 is 14.4 Å². The molecule has 0 aliphatic heterocycles. The lowest BCUT2D eigenvalue weighted by atomic mass is 10.1. The molecule has 2 heterocycles. The highest BCUT2D eigenvalue weighted by molar-refractivity contribution is 5.94.